The van der Waals surface area contributed by atoms with Crippen LogP contribution in [0.2, 0.25) is 0 Å². The topological polar surface area (TPSA) is 88.3 Å². The molecule has 1 unspecified atom stereocenters. The first-order valence-electron chi connectivity index (χ1n) is 13.8. The van der Waals surface area contributed by atoms with E-state index in [-0.39, 0.29) is 30.3 Å². The van der Waals surface area contributed by atoms with Crippen LogP contribution in [0.1, 0.15) is 38.4 Å². The van der Waals surface area contributed by atoms with Crippen molar-refractivity contribution in [2.24, 2.45) is 5.73 Å². The average molecular weight is 595 g/mol. The summed E-state index contributed by atoms with van der Waals surface area (Å²) in [5, 5.41) is 3.00. The Morgan fingerprint density at radius 3 is 2.33 bits per heavy atom. The van der Waals surface area contributed by atoms with E-state index in [2.05, 4.69) is 10.3 Å². The van der Waals surface area contributed by atoms with Gasteiger partial charge in [0.2, 0.25) is 0 Å². The monoisotopic (exact) mass is 594 g/mol. The number of hydrogen-bond acceptors (Lipinski definition) is 5. The van der Waals surface area contributed by atoms with Crippen molar-refractivity contribution in [1.29, 1.82) is 0 Å². The Balaban J connectivity index is 0.00000353. The molecule has 0 fully saturated rings. The van der Waals surface area contributed by atoms with Crippen LogP contribution in [0.5, 0.6) is 0 Å². The maximum absolute atomic E-state index is 14.1. The van der Waals surface area contributed by atoms with E-state index in [0.717, 1.165) is 47.3 Å². The molecular weight excluding hydrogens is 564 g/mol. The summed E-state index contributed by atoms with van der Waals surface area (Å²) in [6.45, 7) is 0.567. The molecule has 5 aromatic rings. The molecule has 8 heteroatoms. The van der Waals surface area contributed by atoms with E-state index >= 15 is 0 Å². The van der Waals surface area contributed by atoms with Gasteiger partial charge in [0.25, 0.3) is 11.8 Å². The first-order valence-corrected chi connectivity index (χ1v) is 14.6. The molecule has 0 saturated carbocycles. The number of thiazole rings is 1. The molecule has 6 nitrogen and oxygen atoms in total. The average Bonchev–Trinajstić information content (AvgIpc) is 3.44. The lowest BCUT2D eigenvalue weighted by molar-refractivity contribution is 0.0974. The standard InChI is InChI=1S/C34H30N4O2S.ClH/c35-20-8-11-26-21-31-32(36-22-41-31)29-14-6-7-15-30(29)38(26)34(40)24-16-18-25(19-17-24)37-33(39)28-13-5-4-12-27(28)23-9-2-1-3-10-23;/h1-7,9-10,12-19,22,26H,8,11,20-21,35H2,(H,37,39);1H. The number of aromatic nitrogens is 1. The van der Waals surface area contributed by atoms with E-state index in [1.165, 1.54) is 4.88 Å². The zero-order chi connectivity index (χ0) is 28.2. The third kappa shape index (κ3) is 5.85. The van der Waals surface area contributed by atoms with Crippen molar-refractivity contribution in [3.63, 3.8) is 0 Å². The Morgan fingerprint density at radius 1 is 0.881 bits per heavy atom. The number of carbonyl (C=O) groups excluding carboxylic acids is 2. The fraction of sp³-hybridized carbons (Fsp3) is 0.147. The maximum Gasteiger partial charge on any atom is 0.258 e. The number of halogens is 1. The van der Waals surface area contributed by atoms with E-state index in [1.54, 1.807) is 35.6 Å². The van der Waals surface area contributed by atoms with Gasteiger partial charge < -0.3 is 16.0 Å². The number of carbonyl (C=O) groups is 2. The molecule has 1 aliphatic heterocycles. The minimum absolute atomic E-state index is 0. The van der Waals surface area contributed by atoms with Crippen LogP contribution in [0, 0.1) is 0 Å². The van der Waals surface area contributed by atoms with Gasteiger partial charge in [0, 0.05) is 39.7 Å². The lowest BCUT2D eigenvalue weighted by Crippen LogP contribution is -2.41. The number of rotatable bonds is 7. The Kier molecular flexibility index (Phi) is 9.12. The summed E-state index contributed by atoms with van der Waals surface area (Å²) < 4.78 is 0. The highest BCUT2D eigenvalue weighted by Crippen LogP contribution is 2.40. The highest BCUT2D eigenvalue weighted by atomic mass is 35.5. The number of fused-ring (bicyclic) bond motifs is 3. The zero-order valence-corrected chi connectivity index (χ0v) is 24.5. The molecule has 1 aliphatic rings. The molecule has 4 aromatic carbocycles. The summed E-state index contributed by atoms with van der Waals surface area (Å²) in [4.78, 5) is 35.1. The van der Waals surface area contributed by atoms with E-state index in [0.29, 0.717) is 23.4 Å². The van der Waals surface area contributed by atoms with Crippen molar-refractivity contribution in [3.8, 4) is 22.4 Å². The number of nitrogens with two attached hydrogens (primary N) is 1. The number of nitrogens with one attached hydrogen (secondary N) is 1. The molecule has 42 heavy (non-hydrogen) atoms. The number of para-hydroxylation sites is 1. The van der Waals surface area contributed by atoms with Gasteiger partial charge in [-0.05, 0) is 66.9 Å². The van der Waals surface area contributed by atoms with Crippen molar-refractivity contribution in [1.82, 2.24) is 4.98 Å². The summed E-state index contributed by atoms with van der Waals surface area (Å²) in [6, 6.07) is 32.5. The van der Waals surface area contributed by atoms with Crippen LogP contribution >= 0.6 is 23.7 Å². The van der Waals surface area contributed by atoms with Gasteiger partial charge >= 0.3 is 0 Å². The van der Waals surface area contributed by atoms with Gasteiger partial charge in [-0.2, -0.15) is 0 Å². The number of anilines is 2. The van der Waals surface area contributed by atoms with Gasteiger partial charge in [-0.3, -0.25) is 9.59 Å². The van der Waals surface area contributed by atoms with E-state index < -0.39 is 0 Å². The Hall–Kier alpha value is -4.30. The SMILES string of the molecule is Cl.NCCCC1Cc2scnc2-c2ccccc2N1C(=O)c1ccc(NC(=O)c2ccccc2-c2ccccc2)cc1. The van der Waals surface area contributed by atoms with Crippen molar-refractivity contribution in [2.45, 2.75) is 25.3 Å². The molecule has 0 saturated heterocycles. The van der Waals surface area contributed by atoms with E-state index in [1.807, 2.05) is 89.3 Å². The second-order valence-electron chi connectivity index (χ2n) is 10.0. The van der Waals surface area contributed by atoms with Gasteiger partial charge in [-0.1, -0.05) is 66.7 Å². The third-order valence-corrected chi connectivity index (χ3v) is 8.31. The number of amides is 2. The summed E-state index contributed by atoms with van der Waals surface area (Å²) in [5.74, 6) is -0.285. The predicted octanol–water partition coefficient (Wildman–Crippen LogP) is 7.46. The number of nitrogens with zero attached hydrogens (tertiary/aromatic N) is 2. The minimum Gasteiger partial charge on any atom is -0.330 e. The number of hydrogen-bond donors (Lipinski definition) is 2. The second-order valence-corrected chi connectivity index (χ2v) is 11.0. The van der Waals surface area contributed by atoms with Crippen molar-refractivity contribution >= 4 is 46.9 Å². The molecule has 0 aliphatic carbocycles. The molecule has 6 rings (SSSR count). The Morgan fingerprint density at radius 2 is 1.57 bits per heavy atom. The van der Waals surface area contributed by atoms with Crippen LogP contribution in [-0.4, -0.2) is 29.4 Å². The molecule has 1 atom stereocenters. The molecule has 3 N–H and O–H groups in total. The molecule has 0 bridgehead atoms. The molecule has 1 aromatic heterocycles. The molecule has 0 radical (unpaired) electrons. The van der Waals surface area contributed by atoms with Gasteiger partial charge in [-0.25, -0.2) is 4.98 Å². The molecule has 2 amide bonds. The quantitative estimate of drug-likeness (QED) is 0.205. The van der Waals surface area contributed by atoms with Crippen LogP contribution in [0.25, 0.3) is 22.4 Å². The third-order valence-electron chi connectivity index (χ3n) is 7.45. The largest absolute Gasteiger partial charge is 0.330 e. The van der Waals surface area contributed by atoms with Crippen molar-refractivity contribution in [3.05, 3.63) is 125 Å². The Labute approximate surface area is 255 Å². The van der Waals surface area contributed by atoms with Gasteiger partial charge in [-0.15, -0.1) is 23.7 Å². The maximum atomic E-state index is 14.1. The minimum atomic E-state index is -0.203. The van der Waals surface area contributed by atoms with Crippen LogP contribution in [0.15, 0.2) is 109 Å². The Bertz CT molecular complexity index is 1690. The molecule has 0 spiro atoms. The summed E-state index contributed by atoms with van der Waals surface area (Å²) in [5.41, 5.74) is 14.1. The summed E-state index contributed by atoms with van der Waals surface area (Å²) >= 11 is 1.63. The summed E-state index contributed by atoms with van der Waals surface area (Å²) in [6.07, 6.45) is 2.35. The zero-order valence-electron chi connectivity index (χ0n) is 22.9. The lowest BCUT2D eigenvalue weighted by Gasteiger charge is -2.31. The fourth-order valence-corrected chi connectivity index (χ4v) is 6.31. The highest BCUT2D eigenvalue weighted by Gasteiger charge is 2.33. The highest BCUT2D eigenvalue weighted by molar-refractivity contribution is 7.10. The van der Waals surface area contributed by atoms with Gasteiger partial charge in [0.15, 0.2) is 0 Å². The van der Waals surface area contributed by atoms with Crippen LogP contribution < -0.4 is 16.0 Å². The van der Waals surface area contributed by atoms with Crippen molar-refractivity contribution < 1.29 is 9.59 Å². The van der Waals surface area contributed by atoms with Crippen LogP contribution in [0.3, 0.4) is 0 Å². The lowest BCUT2D eigenvalue weighted by atomic mass is 9.99. The predicted molar refractivity (Wildman–Crippen MR) is 174 cm³/mol. The summed E-state index contributed by atoms with van der Waals surface area (Å²) in [7, 11) is 0. The van der Waals surface area contributed by atoms with Crippen molar-refractivity contribution in [2.75, 3.05) is 16.8 Å². The van der Waals surface area contributed by atoms with Crippen LogP contribution in [-0.2, 0) is 6.42 Å². The van der Waals surface area contributed by atoms with Crippen LogP contribution in [0.4, 0.5) is 11.4 Å². The normalized spacial score (nSPS) is 13.7. The molecule has 2 heterocycles. The molecular formula is C34H31ClN4O2S. The second kappa shape index (κ2) is 13.1. The first-order chi connectivity index (χ1) is 20.1. The fourth-order valence-electron chi connectivity index (χ4n) is 5.47. The van der Waals surface area contributed by atoms with E-state index in [9.17, 15) is 9.59 Å². The molecule has 212 valence electrons. The smallest absolute Gasteiger partial charge is 0.258 e. The number of benzene rings is 4. The van der Waals surface area contributed by atoms with E-state index in [4.69, 9.17) is 5.73 Å². The van der Waals surface area contributed by atoms with Gasteiger partial charge in [0.05, 0.1) is 16.9 Å². The first kappa shape index (κ1) is 29.2. The van der Waals surface area contributed by atoms with Gasteiger partial charge in [0.1, 0.15) is 0 Å².